The number of ether oxygens (including phenoxy) is 3. The SMILES string of the molecule is COc1ccc(OCC(C)NS(=O)(=O)c2cc(C(C)C)c(OC)cc2C)cc1. The van der Waals surface area contributed by atoms with Crippen molar-refractivity contribution in [2.75, 3.05) is 20.8 Å². The van der Waals surface area contributed by atoms with Crippen LogP contribution in [0.15, 0.2) is 41.3 Å². The van der Waals surface area contributed by atoms with E-state index in [4.69, 9.17) is 14.2 Å². The average Bonchev–Trinajstić information content (AvgIpc) is 2.65. The number of methoxy groups -OCH3 is 2. The van der Waals surface area contributed by atoms with Crippen LogP contribution in [-0.4, -0.2) is 35.3 Å². The van der Waals surface area contributed by atoms with Gasteiger partial charge in [0.2, 0.25) is 10.0 Å². The van der Waals surface area contributed by atoms with Gasteiger partial charge in [-0.1, -0.05) is 13.8 Å². The second kappa shape index (κ2) is 9.30. The molecule has 0 bridgehead atoms. The fraction of sp³-hybridized carbons (Fsp3) is 0.429. The predicted molar refractivity (Wildman–Crippen MR) is 110 cm³/mol. The van der Waals surface area contributed by atoms with E-state index in [1.165, 1.54) is 0 Å². The van der Waals surface area contributed by atoms with Gasteiger partial charge in [-0.15, -0.1) is 0 Å². The molecule has 1 atom stereocenters. The van der Waals surface area contributed by atoms with Gasteiger partial charge in [0.1, 0.15) is 23.9 Å². The first-order valence-electron chi connectivity index (χ1n) is 9.15. The molecule has 0 saturated carbocycles. The molecular weight excluding hydrogens is 378 g/mol. The second-order valence-electron chi connectivity index (χ2n) is 7.02. The van der Waals surface area contributed by atoms with Crippen LogP contribution >= 0.6 is 0 Å². The summed E-state index contributed by atoms with van der Waals surface area (Å²) in [6.45, 7) is 7.74. The molecule has 0 aromatic heterocycles. The highest BCUT2D eigenvalue weighted by molar-refractivity contribution is 7.89. The van der Waals surface area contributed by atoms with Gasteiger partial charge in [-0.05, 0) is 67.3 Å². The number of benzene rings is 2. The zero-order valence-corrected chi connectivity index (χ0v) is 18.1. The Hall–Kier alpha value is -2.25. The number of sulfonamides is 1. The summed E-state index contributed by atoms with van der Waals surface area (Å²) in [7, 11) is -0.507. The summed E-state index contributed by atoms with van der Waals surface area (Å²) in [5.74, 6) is 2.22. The Kier molecular flexibility index (Phi) is 7.32. The summed E-state index contributed by atoms with van der Waals surface area (Å²) in [5.41, 5.74) is 1.49. The molecular formula is C21H29NO5S. The van der Waals surface area contributed by atoms with Gasteiger partial charge in [-0.3, -0.25) is 0 Å². The molecule has 1 N–H and O–H groups in total. The van der Waals surface area contributed by atoms with Gasteiger partial charge in [-0.25, -0.2) is 13.1 Å². The van der Waals surface area contributed by atoms with E-state index in [0.717, 1.165) is 11.3 Å². The molecule has 154 valence electrons. The van der Waals surface area contributed by atoms with Gasteiger partial charge in [0.25, 0.3) is 0 Å². The van der Waals surface area contributed by atoms with Crippen LogP contribution in [0, 0.1) is 6.92 Å². The Morgan fingerprint density at radius 2 is 1.57 bits per heavy atom. The fourth-order valence-electron chi connectivity index (χ4n) is 2.85. The average molecular weight is 408 g/mol. The van der Waals surface area contributed by atoms with Crippen molar-refractivity contribution in [2.24, 2.45) is 0 Å². The van der Waals surface area contributed by atoms with Crippen molar-refractivity contribution in [3.05, 3.63) is 47.5 Å². The summed E-state index contributed by atoms with van der Waals surface area (Å²) in [5, 5.41) is 0. The van der Waals surface area contributed by atoms with E-state index < -0.39 is 16.1 Å². The zero-order valence-electron chi connectivity index (χ0n) is 17.3. The number of hydrogen-bond donors (Lipinski definition) is 1. The molecule has 0 radical (unpaired) electrons. The molecule has 0 saturated heterocycles. The van der Waals surface area contributed by atoms with Gasteiger partial charge in [0.15, 0.2) is 0 Å². The second-order valence-corrected chi connectivity index (χ2v) is 8.71. The normalized spacial score (nSPS) is 12.7. The van der Waals surface area contributed by atoms with Crippen LogP contribution in [0.3, 0.4) is 0 Å². The Morgan fingerprint density at radius 3 is 2.11 bits per heavy atom. The zero-order chi connectivity index (χ0) is 20.9. The molecule has 28 heavy (non-hydrogen) atoms. The molecule has 2 rings (SSSR count). The lowest BCUT2D eigenvalue weighted by Crippen LogP contribution is -2.37. The van der Waals surface area contributed by atoms with Crippen LogP contribution in [0.1, 0.15) is 37.8 Å². The minimum Gasteiger partial charge on any atom is -0.497 e. The maximum atomic E-state index is 12.9. The van der Waals surface area contributed by atoms with Crippen molar-refractivity contribution < 1.29 is 22.6 Å². The van der Waals surface area contributed by atoms with Crippen LogP contribution in [0.2, 0.25) is 0 Å². The van der Waals surface area contributed by atoms with Crippen molar-refractivity contribution in [1.82, 2.24) is 4.72 Å². The quantitative estimate of drug-likeness (QED) is 0.683. The highest BCUT2D eigenvalue weighted by atomic mass is 32.2. The summed E-state index contributed by atoms with van der Waals surface area (Å²) in [6, 6.07) is 10.2. The van der Waals surface area contributed by atoms with E-state index in [-0.39, 0.29) is 17.4 Å². The summed E-state index contributed by atoms with van der Waals surface area (Å²) in [4.78, 5) is 0.258. The van der Waals surface area contributed by atoms with Crippen molar-refractivity contribution >= 4 is 10.0 Å². The summed E-state index contributed by atoms with van der Waals surface area (Å²) >= 11 is 0. The number of aryl methyl sites for hydroxylation is 1. The maximum Gasteiger partial charge on any atom is 0.241 e. The molecule has 2 aromatic carbocycles. The fourth-order valence-corrected chi connectivity index (χ4v) is 4.34. The summed E-state index contributed by atoms with van der Waals surface area (Å²) in [6.07, 6.45) is 0. The van der Waals surface area contributed by atoms with Crippen molar-refractivity contribution in [3.8, 4) is 17.2 Å². The Bertz CT molecular complexity index is 892. The van der Waals surface area contributed by atoms with Crippen molar-refractivity contribution in [2.45, 2.75) is 44.6 Å². The van der Waals surface area contributed by atoms with E-state index in [0.29, 0.717) is 17.1 Å². The van der Waals surface area contributed by atoms with Gasteiger partial charge in [0.05, 0.1) is 25.2 Å². The van der Waals surface area contributed by atoms with E-state index >= 15 is 0 Å². The van der Waals surface area contributed by atoms with Gasteiger partial charge in [0, 0.05) is 0 Å². The lowest BCUT2D eigenvalue weighted by atomic mass is 10.0. The molecule has 6 nitrogen and oxygen atoms in total. The largest absolute Gasteiger partial charge is 0.497 e. The number of rotatable bonds is 9. The predicted octanol–water partition coefficient (Wildman–Crippen LogP) is 3.88. The van der Waals surface area contributed by atoms with E-state index in [1.807, 2.05) is 13.8 Å². The first kappa shape index (κ1) is 22.0. The first-order valence-corrected chi connectivity index (χ1v) is 10.6. The Labute approximate surface area is 167 Å². The third kappa shape index (κ3) is 5.39. The van der Waals surface area contributed by atoms with Crippen LogP contribution in [0.5, 0.6) is 17.2 Å². The first-order chi connectivity index (χ1) is 13.2. The third-order valence-electron chi connectivity index (χ3n) is 4.35. The lowest BCUT2D eigenvalue weighted by Gasteiger charge is -2.19. The highest BCUT2D eigenvalue weighted by Gasteiger charge is 2.23. The smallest absolute Gasteiger partial charge is 0.241 e. The van der Waals surface area contributed by atoms with Gasteiger partial charge < -0.3 is 14.2 Å². The third-order valence-corrected chi connectivity index (χ3v) is 6.09. The standard InChI is InChI=1S/C21H29NO5S/c1-14(2)19-12-21(15(3)11-20(19)26-6)28(23,24)22-16(4)13-27-18-9-7-17(25-5)8-10-18/h7-12,14,16,22H,13H2,1-6H3. The maximum absolute atomic E-state index is 12.9. The molecule has 2 aromatic rings. The van der Waals surface area contributed by atoms with Crippen LogP contribution in [-0.2, 0) is 10.0 Å². The Balaban J connectivity index is 2.12. The molecule has 0 aliphatic rings. The van der Waals surface area contributed by atoms with E-state index in [2.05, 4.69) is 4.72 Å². The molecule has 0 heterocycles. The highest BCUT2D eigenvalue weighted by Crippen LogP contribution is 2.31. The molecule has 1 unspecified atom stereocenters. The van der Waals surface area contributed by atoms with Crippen LogP contribution in [0.4, 0.5) is 0 Å². The molecule has 0 aliphatic heterocycles. The molecule has 0 fully saturated rings. The van der Waals surface area contributed by atoms with Crippen LogP contribution in [0.25, 0.3) is 0 Å². The van der Waals surface area contributed by atoms with E-state index in [1.54, 1.807) is 64.5 Å². The molecule has 0 aliphatic carbocycles. The van der Waals surface area contributed by atoms with Crippen molar-refractivity contribution in [1.29, 1.82) is 0 Å². The lowest BCUT2D eigenvalue weighted by molar-refractivity contribution is 0.287. The number of hydrogen-bond acceptors (Lipinski definition) is 5. The van der Waals surface area contributed by atoms with Gasteiger partial charge in [-0.2, -0.15) is 0 Å². The van der Waals surface area contributed by atoms with E-state index in [9.17, 15) is 8.42 Å². The Morgan fingerprint density at radius 1 is 0.964 bits per heavy atom. The van der Waals surface area contributed by atoms with Crippen LogP contribution < -0.4 is 18.9 Å². The minimum absolute atomic E-state index is 0.139. The van der Waals surface area contributed by atoms with Crippen molar-refractivity contribution in [3.63, 3.8) is 0 Å². The van der Waals surface area contributed by atoms with Gasteiger partial charge >= 0.3 is 0 Å². The number of nitrogens with one attached hydrogen (secondary N) is 1. The molecule has 7 heteroatoms. The monoisotopic (exact) mass is 407 g/mol. The molecule has 0 amide bonds. The minimum atomic E-state index is -3.69. The topological polar surface area (TPSA) is 73.9 Å². The summed E-state index contributed by atoms with van der Waals surface area (Å²) < 4.78 is 44.7. The molecule has 0 spiro atoms.